The van der Waals surface area contributed by atoms with Crippen LogP contribution in [0.3, 0.4) is 0 Å². The van der Waals surface area contributed by atoms with Crippen molar-refractivity contribution in [2.75, 3.05) is 26.3 Å². The maximum absolute atomic E-state index is 12.7. The Hall–Kier alpha value is -1.05. The minimum atomic E-state index is -0.504. The van der Waals surface area contributed by atoms with Gasteiger partial charge in [0.15, 0.2) is 0 Å². The molecule has 0 aromatic rings. The van der Waals surface area contributed by atoms with Gasteiger partial charge in [0, 0.05) is 31.7 Å². The molecule has 2 saturated heterocycles. The molecule has 0 aliphatic carbocycles. The van der Waals surface area contributed by atoms with E-state index in [1.807, 2.05) is 20.8 Å². The number of nitrogens with zero attached hydrogens (tertiary/aromatic N) is 1. The molecule has 0 saturated carbocycles. The quantitative estimate of drug-likeness (QED) is 0.652. The van der Waals surface area contributed by atoms with Crippen molar-refractivity contribution >= 4 is 13.2 Å². The summed E-state index contributed by atoms with van der Waals surface area (Å²) in [5, 5.41) is 0. The highest BCUT2D eigenvalue weighted by Crippen LogP contribution is 2.47. The fourth-order valence-electron chi connectivity index (χ4n) is 3.94. The lowest BCUT2D eigenvalue weighted by atomic mass is 9.57. The Kier molecular flexibility index (Phi) is 5.19. The van der Waals surface area contributed by atoms with Gasteiger partial charge in [-0.15, -0.1) is 0 Å². The van der Waals surface area contributed by atoms with E-state index in [2.05, 4.69) is 33.8 Å². The first-order valence-corrected chi connectivity index (χ1v) is 9.97. The van der Waals surface area contributed by atoms with Gasteiger partial charge in [0.05, 0.1) is 11.2 Å². The maximum Gasteiger partial charge on any atom is 0.490 e. The Labute approximate surface area is 163 Å². The molecule has 3 aliphatic heterocycles. The molecule has 0 N–H and O–H groups in total. The summed E-state index contributed by atoms with van der Waals surface area (Å²) in [4.78, 5) is 14.5. The molecule has 0 aromatic carbocycles. The third kappa shape index (κ3) is 4.05. The van der Waals surface area contributed by atoms with Gasteiger partial charge in [0.25, 0.3) is 0 Å². The Bertz CT molecular complexity index is 600. The number of ether oxygens (including phenoxy) is 2. The second-order valence-electron chi connectivity index (χ2n) is 10.0. The average Bonchev–Trinajstić information content (AvgIpc) is 2.74. The summed E-state index contributed by atoms with van der Waals surface area (Å²) in [6.45, 7) is 16.4. The average molecular weight is 379 g/mol. The van der Waals surface area contributed by atoms with E-state index in [0.717, 1.165) is 18.3 Å². The largest absolute Gasteiger partial charge is 0.490 e. The van der Waals surface area contributed by atoms with Crippen molar-refractivity contribution in [3.8, 4) is 0 Å². The smallest absolute Gasteiger partial charge is 0.444 e. The van der Waals surface area contributed by atoms with E-state index in [-0.39, 0.29) is 29.8 Å². The van der Waals surface area contributed by atoms with Crippen molar-refractivity contribution in [1.82, 2.24) is 4.90 Å². The molecule has 3 heterocycles. The van der Waals surface area contributed by atoms with Crippen LogP contribution in [0.5, 0.6) is 0 Å². The second kappa shape index (κ2) is 6.78. The van der Waals surface area contributed by atoms with E-state index in [0.29, 0.717) is 26.3 Å². The lowest BCUT2D eigenvalue weighted by Crippen LogP contribution is -2.52. The standard InChI is InChI=1S/C20H34BNO5/c1-17(2,3)25-16(23)22-11-8-15(20(14-22)9-12-24-13-10-20)21-26-18(4,5)19(6,7)27-21/h8H,9-14H2,1-7H3. The summed E-state index contributed by atoms with van der Waals surface area (Å²) in [5.41, 5.74) is -0.297. The molecule has 7 heteroatoms. The van der Waals surface area contributed by atoms with Crippen LogP contribution in [0.1, 0.15) is 61.3 Å². The van der Waals surface area contributed by atoms with Gasteiger partial charge in [-0.05, 0) is 66.8 Å². The summed E-state index contributed by atoms with van der Waals surface area (Å²) in [6.07, 6.45) is 3.54. The highest BCUT2D eigenvalue weighted by Gasteiger charge is 2.57. The minimum Gasteiger partial charge on any atom is -0.444 e. The molecular formula is C20H34BNO5. The van der Waals surface area contributed by atoms with Gasteiger partial charge in [-0.25, -0.2) is 4.79 Å². The van der Waals surface area contributed by atoms with E-state index in [9.17, 15) is 4.79 Å². The number of hydrogen-bond acceptors (Lipinski definition) is 5. The Morgan fingerprint density at radius 2 is 1.67 bits per heavy atom. The zero-order valence-corrected chi connectivity index (χ0v) is 17.9. The van der Waals surface area contributed by atoms with Crippen LogP contribution in [0.15, 0.2) is 11.5 Å². The zero-order valence-electron chi connectivity index (χ0n) is 17.9. The van der Waals surface area contributed by atoms with Crippen molar-refractivity contribution in [2.45, 2.75) is 78.1 Å². The minimum absolute atomic E-state index is 0.186. The van der Waals surface area contributed by atoms with Gasteiger partial charge in [0.1, 0.15) is 5.60 Å². The molecule has 0 bridgehead atoms. The number of carbonyl (C=O) groups is 1. The van der Waals surface area contributed by atoms with Crippen molar-refractivity contribution in [1.29, 1.82) is 0 Å². The lowest BCUT2D eigenvalue weighted by Gasteiger charge is -2.46. The summed E-state index contributed by atoms with van der Waals surface area (Å²) in [7, 11) is -0.381. The van der Waals surface area contributed by atoms with Crippen LogP contribution < -0.4 is 0 Å². The van der Waals surface area contributed by atoms with Gasteiger partial charge in [-0.3, -0.25) is 0 Å². The Balaban J connectivity index is 1.86. The summed E-state index contributed by atoms with van der Waals surface area (Å²) >= 11 is 0. The van der Waals surface area contributed by atoms with Crippen LogP contribution >= 0.6 is 0 Å². The third-order valence-corrected chi connectivity index (χ3v) is 6.25. The zero-order chi connectivity index (χ0) is 20.1. The Morgan fingerprint density at radius 3 is 2.19 bits per heavy atom. The van der Waals surface area contributed by atoms with Crippen LogP contribution in [0.4, 0.5) is 4.79 Å². The molecule has 1 amide bonds. The summed E-state index contributed by atoms with van der Waals surface area (Å²) < 4.78 is 23.9. The Morgan fingerprint density at radius 1 is 1.11 bits per heavy atom. The van der Waals surface area contributed by atoms with Crippen molar-refractivity contribution in [2.24, 2.45) is 5.41 Å². The van der Waals surface area contributed by atoms with Crippen LogP contribution in [0.2, 0.25) is 0 Å². The molecule has 0 aromatic heterocycles. The van der Waals surface area contributed by atoms with Crippen molar-refractivity contribution in [3.63, 3.8) is 0 Å². The van der Waals surface area contributed by atoms with E-state index >= 15 is 0 Å². The topological polar surface area (TPSA) is 57.2 Å². The third-order valence-electron chi connectivity index (χ3n) is 6.25. The molecule has 3 aliphatic rings. The summed E-state index contributed by atoms with van der Waals surface area (Å²) in [6, 6.07) is 0. The highest BCUT2D eigenvalue weighted by atomic mass is 16.7. The molecule has 27 heavy (non-hydrogen) atoms. The van der Waals surface area contributed by atoms with Gasteiger partial charge < -0.3 is 23.7 Å². The van der Waals surface area contributed by atoms with Crippen molar-refractivity contribution in [3.05, 3.63) is 11.5 Å². The molecule has 6 nitrogen and oxygen atoms in total. The van der Waals surface area contributed by atoms with Crippen molar-refractivity contribution < 1.29 is 23.6 Å². The normalized spacial score (nSPS) is 26.9. The van der Waals surface area contributed by atoms with E-state index in [4.69, 9.17) is 18.8 Å². The van der Waals surface area contributed by atoms with E-state index in [1.54, 1.807) is 4.90 Å². The van der Waals surface area contributed by atoms with Gasteiger partial charge in [-0.2, -0.15) is 0 Å². The van der Waals surface area contributed by atoms with Crippen LogP contribution in [-0.4, -0.2) is 61.2 Å². The summed E-state index contributed by atoms with van der Waals surface area (Å²) in [5.74, 6) is 0. The van der Waals surface area contributed by atoms with E-state index in [1.165, 1.54) is 0 Å². The SMILES string of the molecule is CC(C)(C)OC(=O)N1CC=C(B2OC(C)(C)C(C)(C)O2)C2(CCOCC2)C1. The highest BCUT2D eigenvalue weighted by molar-refractivity contribution is 6.55. The lowest BCUT2D eigenvalue weighted by molar-refractivity contribution is -0.00730. The van der Waals surface area contributed by atoms with Gasteiger partial charge >= 0.3 is 13.2 Å². The molecule has 152 valence electrons. The van der Waals surface area contributed by atoms with Crippen LogP contribution in [0.25, 0.3) is 0 Å². The van der Waals surface area contributed by atoms with Crippen LogP contribution in [0, 0.1) is 5.41 Å². The maximum atomic E-state index is 12.7. The first-order valence-electron chi connectivity index (χ1n) is 9.97. The first kappa shape index (κ1) is 20.7. The number of amides is 1. The molecule has 1 spiro atoms. The molecule has 0 atom stereocenters. The predicted octanol–water partition coefficient (Wildman–Crippen LogP) is 3.59. The molecule has 3 rings (SSSR count). The fourth-order valence-corrected chi connectivity index (χ4v) is 3.94. The number of hydrogen-bond donors (Lipinski definition) is 0. The van der Waals surface area contributed by atoms with E-state index < -0.39 is 5.60 Å². The molecule has 0 radical (unpaired) electrons. The molecule has 0 unspecified atom stereocenters. The van der Waals surface area contributed by atoms with Gasteiger partial charge in [-0.1, -0.05) is 6.08 Å². The predicted molar refractivity (Wildman–Crippen MR) is 104 cm³/mol. The van der Waals surface area contributed by atoms with Crippen LogP contribution in [-0.2, 0) is 18.8 Å². The number of carbonyl (C=O) groups excluding carboxylic acids is 1. The fraction of sp³-hybridized carbons (Fsp3) is 0.850. The monoisotopic (exact) mass is 379 g/mol. The second-order valence-corrected chi connectivity index (χ2v) is 10.0. The van der Waals surface area contributed by atoms with Gasteiger partial charge in [0.2, 0.25) is 0 Å². The number of rotatable bonds is 1. The molecule has 2 fully saturated rings. The first-order chi connectivity index (χ1) is 12.4. The molecular weight excluding hydrogens is 345 g/mol.